The number of rotatable bonds is 8. The van der Waals surface area contributed by atoms with Crippen LogP contribution in [0.3, 0.4) is 0 Å². The topological polar surface area (TPSA) is 79.1 Å². The lowest BCUT2D eigenvalue weighted by atomic mass is 9.96. The van der Waals surface area contributed by atoms with Gasteiger partial charge in [0.1, 0.15) is 6.61 Å². The molecule has 7 nitrogen and oxygen atoms in total. The summed E-state index contributed by atoms with van der Waals surface area (Å²) in [6, 6.07) is 26.9. The van der Waals surface area contributed by atoms with Crippen LogP contribution in [-0.2, 0) is 16.1 Å². The lowest BCUT2D eigenvalue weighted by Crippen LogP contribution is -2.39. The van der Waals surface area contributed by atoms with Crippen LogP contribution in [0.5, 0.6) is 11.5 Å². The van der Waals surface area contributed by atoms with E-state index in [0.717, 1.165) is 31.9 Å². The van der Waals surface area contributed by atoms with Gasteiger partial charge in [-0.25, -0.2) is 9.79 Å². The van der Waals surface area contributed by atoms with Crippen molar-refractivity contribution in [3.05, 3.63) is 137 Å². The van der Waals surface area contributed by atoms with Gasteiger partial charge < -0.3 is 14.2 Å². The van der Waals surface area contributed by atoms with Crippen LogP contribution >= 0.6 is 27.3 Å². The van der Waals surface area contributed by atoms with Crippen LogP contribution in [0, 0.1) is 0 Å². The third kappa shape index (κ3) is 5.60. The maximum atomic E-state index is 14.0. The van der Waals surface area contributed by atoms with E-state index in [-0.39, 0.29) is 12.2 Å². The minimum absolute atomic E-state index is 0.221. The predicted octanol–water partition coefficient (Wildman–Crippen LogP) is 6.30. The van der Waals surface area contributed by atoms with Crippen LogP contribution < -0.4 is 24.4 Å². The Balaban J connectivity index is 1.39. The van der Waals surface area contributed by atoms with Gasteiger partial charge in [-0.1, -0.05) is 100 Å². The van der Waals surface area contributed by atoms with Crippen molar-refractivity contribution in [2.45, 2.75) is 26.5 Å². The maximum absolute atomic E-state index is 14.0. The molecule has 1 aliphatic heterocycles. The predicted molar refractivity (Wildman–Crippen MR) is 176 cm³/mol. The molecule has 0 spiro atoms. The largest absolute Gasteiger partial charge is 0.493 e. The van der Waals surface area contributed by atoms with Gasteiger partial charge in [0.05, 0.1) is 35.6 Å². The van der Waals surface area contributed by atoms with Gasteiger partial charge in [-0.15, -0.1) is 0 Å². The van der Waals surface area contributed by atoms with Crippen LogP contribution in [0.25, 0.3) is 16.8 Å². The number of thiazole rings is 1. The molecule has 44 heavy (non-hydrogen) atoms. The molecule has 1 atom stereocenters. The maximum Gasteiger partial charge on any atom is 0.338 e. The number of aromatic nitrogens is 1. The molecule has 0 unspecified atom stereocenters. The lowest BCUT2D eigenvalue weighted by molar-refractivity contribution is -0.139. The fourth-order valence-electron chi connectivity index (χ4n) is 5.39. The summed E-state index contributed by atoms with van der Waals surface area (Å²) in [4.78, 5) is 32.2. The zero-order chi connectivity index (χ0) is 30.8. The van der Waals surface area contributed by atoms with Crippen molar-refractivity contribution in [3.63, 3.8) is 0 Å². The van der Waals surface area contributed by atoms with Crippen LogP contribution in [0.2, 0.25) is 0 Å². The molecule has 0 bridgehead atoms. The van der Waals surface area contributed by atoms with Gasteiger partial charge in [0.2, 0.25) is 0 Å². The van der Waals surface area contributed by atoms with E-state index >= 15 is 0 Å². The van der Waals surface area contributed by atoms with E-state index in [9.17, 15) is 9.59 Å². The van der Waals surface area contributed by atoms with Gasteiger partial charge in [-0.3, -0.25) is 9.36 Å². The van der Waals surface area contributed by atoms with Crippen molar-refractivity contribution in [3.8, 4) is 11.5 Å². The number of ether oxygens (including phenoxy) is 3. The molecule has 0 fully saturated rings. The fourth-order valence-corrected chi connectivity index (χ4v) is 6.87. The highest BCUT2D eigenvalue weighted by Gasteiger charge is 2.33. The first kappa shape index (κ1) is 29.6. The number of halogens is 1. The zero-order valence-electron chi connectivity index (χ0n) is 24.4. The van der Waals surface area contributed by atoms with Crippen molar-refractivity contribution in [1.82, 2.24) is 4.57 Å². The SMILES string of the molecule is CCOC(=O)C1=C(C)N=c2s/c(=C/c3cc(OC)c(OCc4cccc5ccccc45)cc3Br)c(=O)n2[C@@H]1c1ccccc1. The molecule has 0 radical (unpaired) electrons. The normalized spacial score (nSPS) is 14.7. The van der Waals surface area contributed by atoms with Gasteiger partial charge >= 0.3 is 5.97 Å². The molecule has 0 saturated heterocycles. The molecular formula is C35H29BrN2O5S. The Kier molecular flexibility index (Phi) is 8.50. The Morgan fingerprint density at radius 2 is 1.77 bits per heavy atom. The average Bonchev–Trinajstić information content (AvgIpc) is 3.34. The van der Waals surface area contributed by atoms with E-state index in [1.54, 1.807) is 31.6 Å². The summed E-state index contributed by atoms with van der Waals surface area (Å²) in [6.07, 6.45) is 1.80. The van der Waals surface area contributed by atoms with Crippen LogP contribution in [0.15, 0.2) is 110 Å². The molecule has 4 aromatic carbocycles. The first-order chi connectivity index (χ1) is 21.4. The highest BCUT2D eigenvalue weighted by Crippen LogP contribution is 2.35. The molecule has 6 rings (SSSR count). The Hall–Kier alpha value is -4.47. The molecule has 5 aromatic rings. The lowest BCUT2D eigenvalue weighted by Gasteiger charge is -2.24. The second kappa shape index (κ2) is 12.6. The van der Waals surface area contributed by atoms with E-state index in [2.05, 4.69) is 45.2 Å². The molecule has 2 heterocycles. The second-order valence-corrected chi connectivity index (χ2v) is 12.0. The fraction of sp³-hybridized carbons (Fsp3) is 0.171. The summed E-state index contributed by atoms with van der Waals surface area (Å²) < 4.78 is 20.1. The molecule has 0 saturated carbocycles. The van der Waals surface area contributed by atoms with E-state index in [1.165, 1.54) is 11.3 Å². The minimum atomic E-state index is -0.656. The van der Waals surface area contributed by atoms with E-state index in [4.69, 9.17) is 14.2 Å². The number of fused-ring (bicyclic) bond motifs is 2. The minimum Gasteiger partial charge on any atom is -0.493 e. The van der Waals surface area contributed by atoms with Gasteiger partial charge in [-0.05, 0) is 59.5 Å². The molecular weight excluding hydrogens is 640 g/mol. The summed E-state index contributed by atoms with van der Waals surface area (Å²) in [6.45, 7) is 4.12. The highest BCUT2D eigenvalue weighted by atomic mass is 79.9. The first-order valence-electron chi connectivity index (χ1n) is 14.1. The quantitative estimate of drug-likeness (QED) is 0.181. The van der Waals surface area contributed by atoms with Crippen LogP contribution in [0.4, 0.5) is 0 Å². The molecule has 222 valence electrons. The van der Waals surface area contributed by atoms with Gasteiger partial charge in [0.15, 0.2) is 16.3 Å². The van der Waals surface area contributed by atoms with Crippen LogP contribution in [-0.4, -0.2) is 24.3 Å². The summed E-state index contributed by atoms with van der Waals surface area (Å²) in [5, 5.41) is 2.29. The van der Waals surface area contributed by atoms with Gasteiger partial charge in [-0.2, -0.15) is 0 Å². The average molecular weight is 670 g/mol. The molecule has 0 aliphatic carbocycles. The van der Waals surface area contributed by atoms with E-state index < -0.39 is 12.0 Å². The van der Waals surface area contributed by atoms with E-state index in [1.807, 2.05) is 60.7 Å². The van der Waals surface area contributed by atoms with Crippen molar-refractivity contribution >= 4 is 50.1 Å². The Morgan fingerprint density at radius 1 is 1.02 bits per heavy atom. The molecule has 0 N–H and O–H groups in total. The van der Waals surface area contributed by atoms with Crippen molar-refractivity contribution in [2.24, 2.45) is 4.99 Å². The monoisotopic (exact) mass is 668 g/mol. The number of methoxy groups -OCH3 is 1. The Morgan fingerprint density at radius 3 is 2.55 bits per heavy atom. The van der Waals surface area contributed by atoms with Crippen molar-refractivity contribution in [1.29, 1.82) is 0 Å². The first-order valence-corrected chi connectivity index (χ1v) is 15.7. The molecule has 1 aliphatic rings. The summed E-state index contributed by atoms with van der Waals surface area (Å²) in [5.41, 5.74) is 3.24. The third-order valence-corrected chi connectivity index (χ3v) is 9.13. The van der Waals surface area contributed by atoms with Gasteiger partial charge in [0.25, 0.3) is 5.56 Å². The number of hydrogen-bond acceptors (Lipinski definition) is 7. The van der Waals surface area contributed by atoms with Crippen molar-refractivity contribution in [2.75, 3.05) is 13.7 Å². The van der Waals surface area contributed by atoms with Gasteiger partial charge in [0, 0.05) is 4.47 Å². The summed E-state index contributed by atoms with van der Waals surface area (Å²) >= 11 is 4.94. The standard InChI is InChI=1S/C35H29BrN2O5S/c1-4-42-34(40)31-21(2)37-35-38(32(31)23-12-6-5-7-13-23)33(39)30(44-35)18-25-17-28(41-3)29(19-27(25)36)43-20-24-15-10-14-22-11-8-9-16-26(22)24/h5-19,32H,4,20H2,1-3H3/b30-18+/t32-/m1/s1. The smallest absolute Gasteiger partial charge is 0.338 e. The zero-order valence-corrected chi connectivity index (χ0v) is 26.8. The number of allylic oxidation sites excluding steroid dienone is 1. The van der Waals surface area contributed by atoms with Crippen LogP contribution in [0.1, 0.15) is 36.6 Å². The number of carbonyl (C=O) groups is 1. The summed E-state index contributed by atoms with van der Waals surface area (Å²) in [7, 11) is 1.59. The Labute approximate surface area is 266 Å². The Bertz CT molecular complexity index is 2090. The molecule has 1 aromatic heterocycles. The summed E-state index contributed by atoms with van der Waals surface area (Å²) in [5.74, 6) is 0.628. The number of benzene rings is 4. The molecule has 0 amide bonds. The third-order valence-electron chi connectivity index (χ3n) is 7.47. The number of carbonyl (C=O) groups excluding carboxylic acids is 1. The van der Waals surface area contributed by atoms with Crippen molar-refractivity contribution < 1.29 is 19.0 Å². The second-order valence-electron chi connectivity index (χ2n) is 10.2. The number of esters is 1. The number of hydrogen-bond donors (Lipinski definition) is 0. The van der Waals surface area contributed by atoms with E-state index in [0.29, 0.717) is 38.7 Å². The number of nitrogens with zero attached hydrogens (tertiary/aromatic N) is 2. The molecule has 9 heteroatoms. The highest BCUT2D eigenvalue weighted by molar-refractivity contribution is 9.10.